The second-order valence-electron chi connectivity index (χ2n) is 2.68. The molecule has 0 radical (unpaired) electrons. The number of amides is 2. The van der Waals surface area contributed by atoms with Crippen LogP contribution in [0.3, 0.4) is 0 Å². The van der Waals surface area contributed by atoms with Crippen LogP contribution in [0.4, 0.5) is 0 Å². The topological polar surface area (TPSA) is 91.8 Å². The van der Waals surface area contributed by atoms with Gasteiger partial charge < -0.3 is 0 Å². The Labute approximate surface area is 75.3 Å². The third-order valence-corrected chi connectivity index (χ3v) is 2.97. The Kier molecular flexibility index (Phi) is 2.40. The summed E-state index contributed by atoms with van der Waals surface area (Å²) >= 11 is 0. The zero-order chi connectivity index (χ0) is 10.2. The molecule has 7 heteroatoms. The lowest BCUT2D eigenvalue weighted by molar-refractivity contribution is -0.137. The highest BCUT2D eigenvalue weighted by Gasteiger charge is 2.44. The van der Waals surface area contributed by atoms with Crippen molar-refractivity contribution in [1.82, 2.24) is 4.90 Å². The summed E-state index contributed by atoms with van der Waals surface area (Å²) in [6, 6.07) is 0. The highest BCUT2D eigenvalue weighted by Crippen LogP contribution is 2.18. The molecule has 0 aromatic heterocycles. The van der Waals surface area contributed by atoms with Crippen molar-refractivity contribution in [1.29, 1.82) is 0 Å². The van der Waals surface area contributed by atoms with Crippen LogP contribution in [0.2, 0.25) is 0 Å². The first-order valence-corrected chi connectivity index (χ1v) is 5.18. The second-order valence-corrected chi connectivity index (χ2v) is 4.28. The summed E-state index contributed by atoms with van der Waals surface area (Å²) in [6.45, 7) is 1.69. The van der Waals surface area contributed by atoms with Crippen LogP contribution < -0.4 is 0 Å². The van der Waals surface area contributed by atoms with E-state index in [0.717, 1.165) is 4.90 Å². The molecule has 6 nitrogen and oxygen atoms in total. The van der Waals surface area contributed by atoms with E-state index in [4.69, 9.17) is 4.55 Å². The highest BCUT2D eigenvalue weighted by atomic mass is 32.2. The molecule has 1 heterocycles. The molecule has 1 saturated heterocycles. The van der Waals surface area contributed by atoms with Crippen LogP contribution in [0.1, 0.15) is 13.3 Å². The van der Waals surface area contributed by atoms with E-state index in [9.17, 15) is 18.0 Å². The minimum atomic E-state index is -4.44. The van der Waals surface area contributed by atoms with Crippen molar-refractivity contribution in [3.05, 3.63) is 0 Å². The fourth-order valence-electron chi connectivity index (χ4n) is 1.22. The van der Waals surface area contributed by atoms with Crippen LogP contribution in [0.5, 0.6) is 0 Å². The largest absolute Gasteiger partial charge is 0.285 e. The Bertz CT molecular complexity index is 346. The summed E-state index contributed by atoms with van der Waals surface area (Å²) in [5.74, 6) is -1.40. The van der Waals surface area contributed by atoms with Gasteiger partial charge >= 0.3 is 0 Å². The maximum atomic E-state index is 11.2. The first-order valence-electron chi connectivity index (χ1n) is 3.68. The first kappa shape index (κ1) is 10.1. The molecule has 1 rings (SSSR count). The van der Waals surface area contributed by atoms with E-state index >= 15 is 0 Å². The molecule has 1 aliphatic heterocycles. The maximum absolute atomic E-state index is 11.2. The van der Waals surface area contributed by atoms with Gasteiger partial charge in [0.1, 0.15) is 0 Å². The third kappa shape index (κ3) is 1.70. The molecule has 0 aromatic carbocycles. The lowest BCUT2D eigenvalue weighted by atomic mass is 10.4. The average Bonchev–Trinajstić information content (AvgIpc) is 2.25. The van der Waals surface area contributed by atoms with Gasteiger partial charge in [-0.25, -0.2) is 0 Å². The minimum Gasteiger partial charge on any atom is -0.285 e. The van der Waals surface area contributed by atoms with E-state index in [1.54, 1.807) is 6.92 Å². The summed E-state index contributed by atoms with van der Waals surface area (Å²) in [4.78, 5) is 23.0. The van der Waals surface area contributed by atoms with Crippen LogP contribution >= 0.6 is 0 Å². The van der Waals surface area contributed by atoms with Crippen LogP contribution in [0.25, 0.3) is 0 Å². The smallest absolute Gasteiger partial charge is 0.277 e. The lowest BCUT2D eigenvalue weighted by Crippen LogP contribution is -2.34. The molecule has 2 amide bonds. The number of carbonyl (C=O) groups excluding carboxylic acids is 2. The maximum Gasteiger partial charge on any atom is 0.277 e. The molecular formula is C6H9NO5S. The fourth-order valence-corrected chi connectivity index (χ4v) is 1.95. The SMILES string of the molecule is CCN1C(=O)CC(S(=O)(=O)O)C1=O. The number of hydrogen-bond donors (Lipinski definition) is 1. The van der Waals surface area contributed by atoms with Crippen molar-refractivity contribution in [2.24, 2.45) is 0 Å². The van der Waals surface area contributed by atoms with Crippen molar-refractivity contribution in [3.8, 4) is 0 Å². The monoisotopic (exact) mass is 207 g/mol. The number of likely N-dealkylation sites (tertiary alicyclic amines) is 1. The zero-order valence-electron chi connectivity index (χ0n) is 6.93. The van der Waals surface area contributed by atoms with E-state index in [1.165, 1.54) is 0 Å². The van der Waals surface area contributed by atoms with Gasteiger partial charge in [0.2, 0.25) is 5.91 Å². The highest BCUT2D eigenvalue weighted by molar-refractivity contribution is 7.87. The summed E-state index contributed by atoms with van der Waals surface area (Å²) in [7, 11) is -4.44. The van der Waals surface area contributed by atoms with Gasteiger partial charge in [0.15, 0.2) is 5.25 Å². The van der Waals surface area contributed by atoms with Gasteiger partial charge in [-0.1, -0.05) is 0 Å². The Morgan fingerprint density at radius 1 is 1.54 bits per heavy atom. The van der Waals surface area contributed by atoms with Gasteiger partial charge in [0.05, 0.1) is 6.42 Å². The predicted molar refractivity (Wildman–Crippen MR) is 42.3 cm³/mol. The number of rotatable bonds is 2. The van der Waals surface area contributed by atoms with E-state index in [2.05, 4.69) is 0 Å². The molecule has 1 aliphatic rings. The van der Waals surface area contributed by atoms with Crippen molar-refractivity contribution in [2.75, 3.05) is 6.54 Å². The van der Waals surface area contributed by atoms with E-state index in [0.29, 0.717) is 0 Å². The molecule has 1 unspecified atom stereocenters. The van der Waals surface area contributed by atoms with Gasteiger partial charge in [-0.3, -0.25) is 19.0 Å². The fraction of sp³-hybridized carbons (Fsp3) is 0.667. The number of nitrogens with zero attached hydrogens (tertiary/aromatic N) is 1. The molecule has 0 aromatic rings. The third-order valence-electron chi connectivity index (χ3n) is 1.88. The molecule has 0 saturated carbocycles. The molecule has 1 atom stereocenters. The van der Waals surface area contributed by atoms with Gasteiger partial charge in [-0.05, 0) is 6.92 Å². The van der Waals surface area contributed by atoms with Gasteiger partial charge in [0.25, 0.3) is 16.0 Å². The van der Waals surface area contributed by atoms with Crippen molar-refractivity contribution < 1.29 is 22.6 Å². The van der Waals surface area contributed by atoms with Crippen molar-refractivity contribution in [2.45, 2.75) is 18.6 Å². The van der Waals surface area contributed by atoms with Crippen LogP contribution in [-0.4, -0.2) is 41.5 Å². The quantitative estimate of drug-likeness (QED) is 0.464. The van der Waals surface area contributed by atoms with Crippen molar-refractivity contribution in [3.63, 3.8) is 0 Å². The number of imide groups is 1. The zero-order valence-corrected chi connectivity index (χ0v) is 7.74. The van der Waals surface area contributed by atoms with E-state index in [1.807, 2.05) is 0 Å². The van der Waals surface area contributed by atoms with Crippen LogP contribution in [0.15, 0.2) is 0 Å². The second kappa shape index (κ2) is 3.08. The number of hydrogen-bond acceptors (Lipinski definition) is 4. The standard InChI is InChI=1S/C6H9NO5S/c1-2-7-5(8)3-4(6(7)9)13(10,11)12/h4H,2-3H2,1H3,(H,10,11,12). The minimum absolute atomic E-state index is 0.129. The number of carbonyl (C=O) groups is 2. The summed E-state index contributed by atoms with van der Waals surface area (Å²) in [5.41, 5.74) is 0. The molecule has 74 valence electrons. The summed E-state index contributed by atoms with van der Waals surface area (Å²) in [6.07, 6.45) is -0.453. The van der Waals surface area contributed by atoms with Crippen LogP contribution in [0, 0.1) is 0 Å². The average molecular weight is 207 g/mol. The normalized spacial score (nSPS) is 24.2. The van der Waals surface area contributed by atoms with Gasteiger partial charge in [-0.15, -0.1) is 0 Å². The van der Waals surface area contributed by atoms with Gasteiger partial charge in [0, 0.05) is 6.54 Å². The van der Waals surface area contributed by atoms with E-state index in [-0.39, 0.29) is 6.54 Å². The Morgan fingerprint density at radius 3 is 2.31 bits per heavy atom. The Balaban J connectivity index is 2.99. The lowest BCUT2D eigenvalue weighted by Gasteiger charge is -2.09. The molecule has 1 N–H and O–H groups in total. The molecule has 1 fully saturated rings. The van der Waals surface area contributed by atoms with Crippen LogP contribution in [-0.2, 0) is 19.7 Å². The predicted octanol–water partition coefficient (Wildman–Crippen LogP) is -0.978. The Morgan fingerprint density at radius 2 is 2.08 bits per heavy atom. The summed E-state index contributed by atoms with van der Waals surface area (Å²) < 4.78 is 29.8. The molecule has 0 aliphatic carbocycles. The van der Waals surface area contributed by atoms with E-state index < -0.39 is 33.6 Å². The Hall–Kier alpha value is -0.950. The molecule has 13 heavy (non-hydrogen) atoms. The molecular weight excluding hydrogens is 198 g/mol. The van der Waals surface area contributed by atoms with Crippen molar-refractivity contribution >= 4 is 21.9 Å². The molecule has 0 bridgehead atoms. The summed E-state index contributed by atoms with van der Waals surface area (Å²) in [5, 5.41) is -1.60. The first-order chi connectivity index (χ1) is 5.88. The van der Waals surface area contributed by atoms with Gasteiger partial charge in [-0.2, -0.15) is 8.42 Å². The molecule has 0 spiro atoms.